The molecule has 0 atom stereocenters. The summed E-state index contributed by atoms with van der Waals surface area (Å²) >= 11 is 0. The predicted molar refractivity (Wildman–Crippen MR) is 131 cm³/mol. The van der Waals surface area contributed by atoms with Crippen molar-refractivity contribution >= 4 is 23.1 Å². The van der Waals surface area contributed by atoms with E-state index in [0.717, 1.165) is 18.8 Å². The number of hydrogen-bond acceptors (Lipinski definition) is 6. The fourth-order valence-electron chi connectivity index (χ4n) is 4.02. The van der Waals surface area contributed by atoms with Crippen LogP contribution in [0, 0.1) is 11.6 Å². The fourth-order valence-corrected chi connectivity index (χ4v) is 4.02. The van der Waals surface area contributed by atoms with E-state index in [1.54, 1.807) is 24.3 Å². The van der Waals surface area contributed by atoms with Crippen LogP contribution in [0.4, 0.5) is 26.0 Å². The van der Waals surface area contributed by atoms with Crippen LogP contribution in [0.2, 0.25) is 0 Å². The Morgan fingerprint density at radius 2 is 1.47 bits per heavy atom. The molecule has 1 saturated heterocycles. The SMILES string of the molecule is O=C(Nc1ccc(F)cc1)c1ccc(Cn2nc(N3CCN(c4ccc(F)cc4)CC3)ccc2=O)o1. The Balaban J connectivity index is 1.23. The van der Waals surface area contributed by atoms with E-state index in [9.17, 15) is 18.4 Å². The number of nitrogens with one attached hydrogen (secondary N) is 1. The number of nitrogens with zero attached hydrogens (tertiary/aromatic N) is 4. The molecule has 0 saturated carbocycles. The molecule has 4 aromatic rings. The average Bonchev–Trinajstić information content (AvgIpc) is 3.36. The Morgan fingerprint density at radius 3 is 2.17 bits per heavy atom. The van der Waals surface area contributed by atoms with Gasteiger partial charge >= 0.3 is 0 Å². The van der Waals surface area contributed by atoms with Crippen molar-refractivity contribution in [2.24, 2.45) is 0 Å². The second-order valence-corrected chi connectivity index (χ2v) is 8.36. The zero-order valence-corrected chi connectivity index (χ0v) is 19.2. The Kier molecular flexibility index (Phi) is 6.48. The molecule has 10 heteroatoms. The van der Waals surface area contributed by atoms with Gasteiger partial charge in [0.15, 0.2) is 5.76 Å². The topological polar surface area (TPSA) is 83.6 Å². The number of amides is 1. The first kappa shape index (κ1) is 23.3. The maximum atomic E-state index is 13.2. The highest BCUT2D eigenvalue weighted by Crippen LogP contribution is 2.19. The van der Waals surface area contributed by atoms with Gasteiger partial charge in [-0.15, -0.1) is 0 Å². The van der Waals surface area contributed by atoms with Crippen molar-refractivity contribution in [1.82, 2.24) is 9.78 Å². The summed E-state index contributed by atoms with van der Waals surface area (Å²) in [7, 11) is 0. The number of anilines is 3. The van der Waals surface area contributed by atoms with E-state index in [1.807, 2.05) is 0 Å². The Hall–Kier alpha value is -4.47. The van der Waals surface area contributed by atoms with Crippen LogP contribution in [0.5, 0.6) is 0 Å². The molecule has 1 aliphatic rings. The van der Waals surface area contributed by atoms with Crippen molar-refractivity contribution in [3.05, 3.63) is 106 Å². The number of furan rings is 1. The summed E-state index contributed by atoms with van der Waals surface area (Å²) in [6.45, 7) is 2.91. The number of halogens is 2. The van der Waals surface area contributed by atoms with Crippen LogP contribution in [-0.2, 0) is 6.54 Å². The summed E-state index contributed by atoms with van der Waals surface area (Å²) in [5, 5.41) is 7.13. The molecule has 0 bridgehead atoms. The van der Waals surface area contributed by atoms with Gasteiger partial charge in [-0.25, -0.2) is 13.5 Å². The van der Waals surface area contributed by atoms with E-state index >= 15 is 0 Å². The molecule has 1 amide bonds. The lowest BCUT2D eigenvalue weighted by molar-refractivity contribution is 0.0994. The maximum Gasteiger partial charge on any atom is 0.291 e. The van der Waals surface area contributed by atoms with E-state index in [2.05, 4.69) is 20.2 Å². The standard InChI is InChI=1S/C26H23F2N5O3/c27-18-1-5-20(6-2-18)29-26(35)23-10-9-22(36-23)17-33-25(34)12-11-24(30-33)32-15-13-31(14-16-32)21-7-3-19(28)4-8-21/h1-12H,13-17H2,(H,29,35). The van der Waals surface area contributed by atoms with E-state index in [-0.39, 0.29) is 23.7 Å². The molecule has 1 aliphatic heterocycles. The summed E-state index contributed by atoms with van der Waals surface area (Å²) in [5.74, 6) is -0.0260. The number of rotatable bonds is 6. The quantitative estimate of drug-likeness (QED) is 0.443. The van der Waals surface area contributed by atoms with Crippen LogP contribution in [0.1, 0.15) is 16.3 Å². The lowest BCUT2D eigenvalue weighted by Crippen LogP contribution is -2.47. The first-order valence-electron chi connectivity index (χ1n) is 11.4. The van der Waals surface area contributed by atoms with Crippen molar-refractivity contribution in [3.8, 4) is 0 Å². The summed E-state index contributed by atoms with van der Waals surface area (Å²) < 4.78 is 33.2. The molecule has 5 rings (SSSR count). The van der Waals surface area contributed by atoms with Crippen molar-refractivity contribution < 1.29 is 18.0 Å². The summed E-state index contributed by atoms with van der Waals surface area (Å²) in [6.07, 6.45) is 0. The van der Waals surface area contributed by atoms with Crippen LogP contribution < -0.4 is 20.7 Å². The zero-order chi connectivity index (χ0) is 25.1. The third-order valence-electron chi connectivity index (χ3n) is 5.94. The van der Waals surface area contributed by atoms with Gasteiger partial charge in [0, 0.05) is 43.6 Å². The van der Waals surface area contributed by atoms with Crippen LogP contribution in [-0.4, -0.2) is 41.9 Å². The van der Waals surface area contributed by atoms with Crippen molar-refractivity contribution in [2.45, 2.75) is 6.54 Å². The van der Waals surface area contributed by atoms with E-state index < -0.39 is 11.7 Å². The summed E-state index contributed by atoms with van der Waals surface area (Å²) in [4.78, 5) is 29.1. The van der Waals surface area contributed by atoms with Gasteiger partial charge in [0.2, 0.25) is 0 Å². The molecule has 0 spiro atoms. The third kappa shape index (κ3) is 5.27. The molecular weight excluding hydrogens is 468 g/mol. The number of carbonyl (C=O) groups is 1. The van der Waals surface area contributed by atoms with Gasteiger partial charge in [0.05, 0.1) is 0 Å². The average molecular weight is 491 g/mol. The Labute approximate surface area is 205 Å². The largest absolute Gasteiger partial charge is 0.454 e. The molecule has 0 radical (unpaired) electrons. The number of piperazine rings is 1. The second-order valence-electron chi connectivity index (χ2n) is 8.36. The smallest absolute Gasteiger partial charge is 0.291 e. The van der Waals surface area contributed by atoms with E-state index in [0.29, 0.717) is 30.4 Å². The molecule has 36 heavy (non-hydrogen) atoms. The monoisotopic (exact) mass is 491 g/mol. The fraction of sp³-hybridized carbons (Fsp3) is 0.192. The van der Waals surface area contributed by atoms with Crippen LogP contribution >= 0.6 is 0 Å². The van der Waals surface area contributed by atoms with Gasteiger partial charge in [0.25, 0.3) is 11.5 Å². The molecule has 3 heterocycles. The highest BCUT2D eigenvalue weighted by atomic mass is 19.1. The number of aromatic nitrogens is 2. The van der Waals surface area contributed by atoms with Crippen molar-refractivity contribution in [1.29, 1.82) is 0 Å². The highest BCUT2D eigenvalue weighted by molar-refractivity contribution is 6.02. The van der Waals surface area contributed by atoms with Crippen LogP contribution in [0.15, 0.2) is 82.0 Å². The van der Waals surface area contributed by atoms with Crippen LogP contribution in [0.25, 0.3) is 0 Å². The molecule has 0 aliphatic carbocycles. The van der Waals surface area contributed by atoms with Gasteiger partial charge in [-0.2, -0.15) is 5.10 Å². The molecule has 0 unspecified atom stereocenters. The van der Waals surface area contributed by atoms with E-state index in [4.69, 9.17) is 4.42 Å². The Morgan fingerprint density at radius 1 is 0.833 bits per heavy atom. The van der Waals surface area contributed by atoms with E-state index in [1.165, 1.54) is 53.2 Å². The van der Waals surface area contributed by atoms with Gasteiger partial charge in [-0.05, 0) is 66.7 Å². The van der Waals surface area contributed by atoms with Gasteiger partial charge in [-0.3, -0.25) is 9.59 Å². The van der Waals surface area contributed by atoms with Gasteiger partial charge in [0.1, 0.15) is 29.8 Å². The molecule has 2 aromatic carbocycles. The number of carbonyl (C=O) groups excluding carboxylic acids is 1. The Bertz CT molecular complexity index is 1410. The van der Waals surface area contributed by atoms with Crippen molar-refractivity contribution in [2.75, 3.05) is 41.3 Å². The third-order valence-corrected chi connectivity index (χ3v) is 5.94. The number of hydrogen-bond donors (Lipinski definition) is 1. The summed E-state index contributed by atoms with van der Waals surface area (Å²) in [6, 6.07) is 18.1. The second kappa shape index (κ2) is 10.0. The minimum atomic E-state index is -0.485. The summed E-state index contributed by atoms with van der Waals surface area (Å²) in [5.41, 5.74) is 1.10. The lowest BCUT2D eigenvalue weighted by Gasteiger charge is -2.36. The normalized spacial score (nSPS) is 13.6. The van der Waals surface area contributed by atoms with Gasteiger partial charge < -0.3 is 19.5 Å². The molecular formula is C26H23F2N5O3. The predicted octanol–water partition coefficient (Wildman–Crippen LogP) is 3.74. The number of benzene rings is 2. The zero-order valence-electron chi connectivity index (χ0n) is 19.2. The first-order chi connectivity index (χ1) is 17.4. The lowest BCUT2D eigenvalue weighted by atomic mass is 10.2. The van der Waals surface area contributed by atoms with Gasteiger partial charge in [-0.1, -0.05) is 0 Å². The minimum absolute atomic E-state index is 0.0616. The first-order valence-corrected chi connectivity index (χ1v) is 11.4. The molecule has 1 N–H and O–H groups in total. The molecule has 184 valence electrons. The highest BCUT2D eigenvalue weighted by Gasteiger charge is 2.20. The molecule has 2 aromatic heterocycles. The molecule has 8 nitrogen and oxygen atoms in total. The molecule has 1 fully saturated rings. The maximum absolute atomic E-state index is 13.2. The van der Waals surface area contributed by atoms with Crippen LogP contribution in [0.3, 0.4) is 0 Å². The minimum Gasteiger partial charge on any atom is -0.454 e. The van der Waals surface area contributed by atoms with Crippen molar-refractivity contribution in [3.63, 3.8) is 0 Å².